The van der Waals surface area contributed by atoms with Crippen LogP contribution in [0.15, 0.2) is 82.5 Å². The van der Waals surface area contributed by atoms with Gasteiger partial charge in [-0.1, -0.05) is 54.1 Å². The lowest BCUT2D eigenvalue weighted by Crippen LogP contribution is -2.49. The molecule has 1 aliphatic rings. The lowest BCUT2D eigenvalue weighted by atomic mass is 9.99. The summed E-state index contributed by atoms with van der Waals surface area (Å²) in [5.41, 5.74) is 3.87. The first-order valence-electron chi connectivity index (χ1n) is 11.7. The number of rotatable bonds is 5. The van der Waals surface area contributed by atoms with Crippen LogP contribution in [0.4, 0.5) is 0 Å². The largest absolute Gasteiger partial charge is 0.282 e. The Labute approximate surface area is 205 Å². The van der Waals surface area contributed by atoms with Gasteiger partial charge in [0.15, 0.2) is 0 Å². The van der Waals surface area contributed by atoms with E-state index in [0.717, 1.165) is 27.8 Å². The van der Waals surface area contributed by atoms with Gasteiger partial charge >= 0.3 is 0 Å². The fourth-order valence-electron chi connectivity index (χ4n) is 4.56. The quantitative estimate of drug-likeness (QED) is 0.429. The molecule has 1 saturated heterocycles. The van der Waals surface area contributed by atoms with Gasteiger partial charge in [0.1, 0.15) is 0 Å². The van der Waals surface area contributed by atoms with Crippen molar-refractivity contribution in [3.63, 3.8) is 0 Å². The molecule has 0 spiro atoms. The zero-order chi connectivity index (χ0) is 24.6. The lowest BCUT2D eigenvalue weighted by Gasteiger charge is -2.34. The van der Waals surface area contributed by atoms with Crippen molar-refractivity contribution in [3.05, 3.63) is 94.3 Å². The molecular formula is C27H28N4O3S. The zero-order valence-corrected chi connectivity index (χ0v) is 20.7. The molecule has 0 N–H and O–H groups in total. The monoisotopic (exact) mass is 488 g/mol. The van der Waals surface area contributed by atoms with Gasteiger partial charge in [0.05, 0.1) is 22.6 Å². The Hall–Kier alpha value is -3.33. The minimum atomic E-state index is -3.52. The normalized spacial score (nSPS) is 15.5. The number of hydrogen-bond donors (Lipinski definition) is 0. The number of fused-ring (bicyclic) bond motifs is 1. The Bertz CT molecular complexity index is 1540. The molecule has 0 aliphatic carbocycles. The Morgan fingerprint density at radius 3 is 2.20 bits per heavy atom. The van der Waals surface area contributed by atoms with Crippen LogP contribution in [0.25, 0.3) is 22.0 Å². The van der Waals surface area contributed by atoms with E-state index in [1.165, 1.54) is 8.99 Å². The van der Waals surface area contributed by atoms with Crippen molar-refractivity contribution in [2.45, 2.75) is 25.4 Å². The fraction of sp³-hybridized carbons (Fsp3) is 0.259. The first-order valence-corrected chi connectivity index (χ1v) is 13.1. The van der Waals surface area contributed by atoms with E-state index in [4.69, 9.17) is 5.10 Å². The second-order valence-corrected chi connectivity index (χ2v) is 10.9. The fourth-order valence-corrected chi connectivity index (χ4v) is 6.01. The number of piperazine rings is 1. The second kappa shape index (κ2) is 9.37. The highest BCUT2D eigenvalue weighted by atomic mass is 32.2. The number of sulfonamides is 1. The summed E-state index contributed by atoms with van der Waals surface area (Å²) in [5, 5.41) is 6.28. The maximum atomic E-state index is 13.3. The van der Waals surface area contributed by atoms with Crippen LogP contribution in [0.3, 0.4) is 0 Å². The number of aromatic nitrogens is 2. The predicted octanol–water partition coefficient (Wildman–Crippen LogP) is 3.64. The Morgan fingerprint density at radius 2 is 1.49 bits per heavy atom. The maximum Gasteiger partial charge on any atom is 0.275 e. The summed E-state index contributed by atoms with van der Waals surface area (Å²) in [6, 6.07) is 22.3. The van der Waals surface area contributed by atoms with Crippen LogP contribution in [-0.2, 0) is 16.7 Å². The van der Waals surface area contributed by atoms with Gasteiger partial charge in [-0.05, 0) is 43.7 Å². The third-order valence-electron chi connectivity index (χ3n) is 6.56. The van der Waals surface area contributed by atoms with Gasteiger partial charge in [0.25, 0.3) is 5.56 Å². The average Bonchev–Trinajstić information content (AvgIpc) is 2.88. The minimum absolute atomic E-state index is 0.144. The van der Waals surface area contributed by atoms with Gasteiger partial charge in [0, 0.05) is 37.1 Å². The standard InChI is InChI=1S/C27H28N4O3S/c1-20-12-13-21(2)25(18-20)26-23-10-6-7-11-24(23)27(32)31(28-26)19-29-14-16-30(17-15-29)35(33,34)22-8-4-3-5-9-22/h3-13,18H,14-17,19H2,1-2H3. The second-order valence-electron chi connectivity index (χ2n) is 8.99. The smallest absolute Gasteiger partial charge is 0.275 e. The number of hydrogen-bond acceptors (Lipinski definition) is 5. The summed E-state index contributed by atoms with van der Waals surface area (Å²) >= 11 is 0. The maximum absolute atomic E-state index is 13.3. The van der Waals surface area contributed by atoms with E-state index in [2.05, 4.69) is 23.1 Å². The summed E-state index contributed by atoms with van der Waals surface area (Å²) in [6.45, 7) is 6.17. The molecule has 0 amide bonds. The highest BCUT2D eigenvalue weighted by molar-refractivity contribution is 7.89. The van der Waals surface area contributed by atoms with Gasteiger partial charge in [0.2, 0.25) is 10.0 Å². The molecule has 0 bridgehead atoms. The lowest BCUT2D eigenvalue weighted by molar-refractivity contribution is 0.143. The van der Waals surface area contributed by atoms with Crippen LogP contribution in [0.5, 0.6) is 0 Å². The van der Waals surface area contributed by atoms with Crippen molar-refractivity contribution in [1.29, 1.82) is 0 Å². The topological polar surface area (TPSA) is 75.5 Å². The highest BCUT2D eigenvalue weighted by Gasteiger charge is 2.28. The molecule has 7 nitrogen and oxygen atoms in total. The molecule has 0 radical (unpaired) electrons. The van der Waals surface area contributed by atoms with E-state index in [1.54, 1.807) is 30.3 Å². The minimum Gasteiger partial charge on any atom is -0.282 e. The molecule has 0 saturated carbocycles. The molecule has 5 rings (SSSR count). The first-order chi connectivity index (χ1) is 16.8. The molecule has 2 heterocycles. The van der Waals surface area contributed by atoms with Gasteiger partial charge in [-0.15, -0.1) is 0 Å². The van der Waals surface area contributed by atoms with Gasteiger partial charge in [-0.25, -0.2) is 13.1 Å². The molecule has 35 heavy (non-hydrogen) atoms. The van der Waals surface area contributed by atoms with Crippen molar-refractivity contribution in [2.75, 3.05) is 26.2 Å². The molecule has 4 aromatic rings. The number of benzene rings is 3. The van der Waals surface area contributed by atoms with Gasteiger partial charge in [-0.2, -0.15) is 9.40 Å². The summed E-state index contributed by atoms with van der Waals surface area (Å²) in [4.78, 5) is 15.7. The Kier molecular flexibility index (Phi) is 6.27. The molecule has 180 valence electrons. The van der Waals surface area contributed by atoms with Gasteiger partial charge in [-0.3, -0.25) is 9.69 Å². The molecular weight excluding hydrogens is 460 g/mol. The molecule has 1 aliphatic heterocycles. The molecule has 0 unspecified atom stereocenters. The molecule has 8 heteroatoms. The molecule has 3 aromatic carbocycles. The van der Waals surface area contributed by atoms with Crippen LogP contribution >= 0.6 is 0 Å². The summed E-state index contributed by atoms with van der Waals surface area (Å²) < 4.78 is 28.9. The highest BCUT2D eigenvalue weighted by Crippen LogP contribution is 2.28. The van der Waals surface area contributed by atoms with Crippen LogP contribution < -0.4 is 5.56 Å². The van der Waals surface area contributed by atoms with Crippen molar-refractivity contribution in [3.8, 4) is 11.3 Å². The van der Waals surface area contributed by atoms with Crippen LogP contribution in [0.2, 0.25) is 0 Å². The summed E-state index contributed by atoms with van der Waals surface area (Å²) in [7, 11) is -3.52. The van der Waals surface area contributed by atoms with Crippen molar-refractivity contribution < 1.29 is 8.42 Å². The molecule has 0 atom stereocenters. The van der Waals surface area contributed by atoms with Crippen molar-refractivity contribution in [1.82, 2.24) is 19.0 Å². The zero-order valence-electron chi connectivity index (χ0n) is 19.9. The van der Waals surface area contributed by atoms with E-state index in [-0.39, 0.29) is 5.56 Å². The Morgan fingerprint density at radius 1 is 0.829 bits per heavy atom. The third-order valence-corrected chi connectivity index (χ3v) is 8.47. The van der Waals surface area contributed by atoms with Crippen LogP contribution in [-0.4, -0.2) is 53.6 Å². The number of nitrogens with zero attached hydrogens (tertiary/aromatic N) is 4. The third kappa shape index (κ3) is 4.52. The first kappa shape index (κ1) is 23.4. The van der Waals surface area contributed by atoms with Gasteiger partial charge < -0.3 is 0 Å². The Balaban J connectivity index is 1.43. The molecule has 1 fully saturated rings. The number of aryl methyl sites for hydroxylation is 2. The van der Waals surface area contributed by atoms with E-state index in [1.807, 2.05) is 38.1 Å². The van der Waals surface area contributed by atoms with Crippen LogP contribution in [0, 0.1) is 13.8 Å². The van der Waals surface area contributed by atoms with Crippen molar-refractivity contribution in [2.24, 2.45) is 0 Å². The summed E-state index contributed by atoms with van der Waals surface area (Å²) in [5.74, 6) is 0. The van der Waals surface area contributed by atoms with Crippen molar-refractivity contribution >= 4 is 20.8 Å². The predicted molar refractivity (Wildman–Crippen MR) is 138 cm³/mol. The average molecular weight is 489 g/mol. The summed E-state index contributed by atoms with van der Waals surface area (Å²) in [6.07, 6.45) is 0. The van der Waals surface area contributed by atoms with E-state index in [0.29, 0.717) is 43.1 Å². The van der Waals surface area contributed by atoms with E-state index >= 15 is 0 Å². The van der Waals surface area contributed by atoms with E-state index in [9.17, 15) is 13.2 Å². The molecule has 1 aromatic heterocycles. The van der Waals surface area contributed by atoms with E-state index < -0.39 is 10.0 Å². The SMILES string of the molecule is Cc1ccc(C)c(-c2nn(CN3CCN(S(=O)(=O)c4ccccc4)CC3)c(=O)c3ccccc23)c1. The van der Waals surface area contributed by atoms with Crippen LogP contribution in [0.1, 0.15) is 11.1 Å².